The molecular formula is C2H9N4NiO8-. The van der Waals surface area contributed by atoms with E-state index in [1.807, 2.05) is 0 Å². The molecule has 0 bridgehead atoms. The van der Waals surface area contributed by atoms with E-state index < -0.39 is 16.1 Å². The quantitative estimate of drug-likeness (QED) is 0.299. The Balaban J connectivity index is -0.0000000315. The summed E-state index contributed by atoms with van der Waals surface area (Å²) in [5.41, 5.74) is 4.57. The first-order valence-corrected chi connectivity index (χ1v) is 2.28. The van der Waals surface area contributed by atoms with Gasteiger partial charge < -0.3 is 47.6 Å². The number of hydrogen-bond acceptors (Lipinski definition) is 8. The van der Waals surface area contributed by atoms with Gasteiger partial charge in [0.25, 0.3) is 0 Å². The minimum Gasteiger partial charge on any atom is -0.480 e. The summed E-state index contributed by atoms with van der Waals surface area (Å²) >= 11 is 0. The average Bonchev–Trinajstić information content (AvgIpc) is 1.84. The largest absolute Gasteiger partial charge is 0.480 e. The Morgan fingerprint density at radius 3 is 1.20 bits per heavy atom. The van der Waals surface area contributed by atoms with Gasteiger partial charge >= 0.3 is 5.97 Å². The molecule has 0 aromatic carbocycles. The minimum absolute atomic E-state index is 0. The van der Waals surface area contributed by atoms with Gasteiger partial charge in [-0.1, -0.05) is 0 Å². The fourth-order valence-electron chi connectivity index (χ4n) is 0. The molecular weight excluding hydrogens is 267 g/mol. The zero-order valence-electron chi connectivity index (χ0n) is 7.30. The Bertz CT molecular complexity index is 154. The van der Waals surface area contributed by atoms with E-state index in [1.54, 1.807) is 0 Å². The van der Waals surface area contributed by atoms with E-state index in [1.165, 1.54) is 0 Å². The predicted octanol–water partition coefficient (Wildman–Crippen LogP) is -1.07. The third-order valence-electron chi connectivity index (χ3n) is 0.175. The molecule has 0 rings (SSSR count). The van der Waals surface area contributed by atoms with Crippen LogP contribution in [-0.4, -0.2) is 27.8 Å². The first-order chi connectivity index (χ1) is 5.73. The van der Waals surface area contributed by atoms with E-state index >= 15 is 0 Å². The summed E-state index contributed by atoms with van der Waals surface area (Å²) in [5.74, 6) is -0.968. The van der Waals surface area contributed by atoms with E-state index in [0.717, 1.165) is 0 Å². The van der Waals surface area contributed by atoms with Gasteiger partial charge in [-0.05, 0) is 0 Å². The molecule has 0 aliphatic rings. The maximum absolute atomic E-state index is 9.24. The van der Waals surface area contributed by atoms with Crippen LogP contribution < -0.4 is 11.9 Å². The summed E-state index contributed by atoms with van der Waals surface area (Å²) in [5, 5.41) is 37.1. The molecule has 0 amide bonds. The number of carbonyl (C=O) groups is 1. The normalized spacial score (nSPS) is 5.67. The van der Waals surface area contributed by atoms with Crippen LogP contribution in [-0.2, 0) is 21.3 Å². The smallest absolute Gasteiger partial charge is 0.317 e. The van der Waals surface area contributed by atoms with Crippen LogP contribution >= 0.6 is 0 Å². The zero-order valence-corrected chi connectivity index (χ0v) is 8.29. The van der Waals surface area contributed by atoms with Crippen molar-refractivity contribution in [3.05, 3.63) is 30.6 Å². The number of aliphatic carboxylic acids is 1. The van der Waals surface area contributed by atoms with Crippen molar-refractivity contribution >= 4 is 5.97 Å². The Morgan fingerprint density at radius 1 is 1.13 bits per heavy atom. The van der Waals surface area contributed by atoms with E-state index in [-0.39, 0.29) is 29.2 Å². The summed E-state index contributed by atoms with van der Waals surface area (Å²) in [7, 11) is 0. The second-order valence-electron chi connectivity index (χ2n) is 1.05. The number of carboxylic acids is 1. The van der Waals surface area contributed by atoms with Crippen LogP contribution in [0.25, 0.3) is 0 Å². The molecule has 0 aliphatic carbocycles. The maximum Gasteiger partial charge on any atom is 0.317 e. The Morgan fingerprint density at radius 2 is 1.20 bits per heavy atom. The summed E-state index contributed by atoms with van der Waals surface area (Å²) in [6.07, 6.45) is 0. The molecule has 13 heteroatoms. The topological polar surface area (TPSA) is 232 Å². The molecule has 0 aromatic heterocycles. The molecule has 7 N–H and O–H groups in total. The number of rotatable bonds is 1. The van der Waals surface area contributed by atoms with Gasteiger partial charge in [-0.2, -0.15) is 0 Å². The molecule has 0 aromatic rings. The Labute approximate surface area is 92.4 Å². The number of quaternary nitrogens is 1. The monoisotopic (exact) mass is 275 g/mol. The molecule has 0 fully saturated rings. The molecule has 0 saturated heterocycles. The molecule has 0 heterocycles. The maximum atomic E-state index is 9.24. The summed E-state index contributed by atoms with van der Waals surface area (Å²) < 4.78 is 0. The summed E-state index contributed by atoms with van der Waals surface area (Å²) in [4.78, 5) is 25.7. The zero-order chi connectivity index (χ0) is 11.4. The first kappa shape index (κ1) is 29.2. The predicted molar refractivity (Wildman–Crippen MR) is 43.4 cm³/mol. The van der Waals surface area contributed by atoms with Crippen LogP contribution in [0.15, 0.2) is 0 Å². The van der Waals surface area contributed by atoms with Crippen LogP contribution in [0, 0.1) is 30.6 Å². The van der Waals surface area contributed by atoms with Gasteiger partial charge in [-0.15, -0.1) is 0 Å². The molecule has 0 aliphatic heterocycles. The van der Waals surface area contributed by atoms with Crippen molar-refractivity contribution in [1.82, 2.24) is 6.15 Å². The summed E-state index contributed by atoms with van der Waals surface area (Å²) in [6, 6.07) is 0. The second kappa shape index (κ2) is 22.8. The van der Waals surface area contributed by atoms with Crippen LogP contribution in [0.3, 0.4) is 0 Å². The fraction of sp³-hybridized carbons (Fsp3) is 0.500. The molecule has 12 nitrogen and oxygen atoms in total. The third-order valence-corrected chi connectivity index (χ3v) is 0.175. The van der Waals surface area contributed by atoms with Crippen molar-refractivity contribution < 1.29 is 36.6 Å². The molecule has 0 atom stereocenters. The van der Waals surface area contributed by atoms with Crippen molar-refractivity contribution in [2.45, 2.75) is 0 Å². The van der Waals surface area contributed by atoms with Gasteiger partial charge in [0.05, 0.1) is 16.7 Å². The summed E-state index contributed by atoms with van der Waals surface area (Å²) in [6.45, 7) is -0.278. The number of hydrogen-bond donors (Lipinski definition) is 3. The van der Waals surface area contributed by atoms with Crippen LogP contribution in [0.2, 0.25) is 0 Å². The van der Waals surface area contributed by atoms with Crippen molar-refractivity contribution in [2.75, 3.05) is 6.54 Å². The van der Waals surface area contributed by atoms with Crippen molar-refractivity contribution in [2.24, 2.45) is 5.73 Å². The van der Waals surface area contributed by atoms with E-state index in [4.69, 9.17) is 35.7 Å². The van der Waals surface area contributed by atoms with Gasteiger partial charge in [0.1, 0.15) is 0 Å². The molecule has 15 heavy (non-hydrogen) atoms. The van der Waals surface area contributed by atoms with Crippen LogP contribution in [0.1, 0.15) is 0 Å². The van der Waals surface area contributed by atoms with Crippen LogP contribution in [0.5, 0.6) is 0 Å². The molecule has 0 unspecified atom stereocenters. The molecule has 96 valence electrons. The molecule has 0 spiro atoms. The van der Waals surface area contributed by atoms with E-state index in [2.05, 4.69) is 5.73 Å². The van der Waals surface area contributed by atoms with Gasteiger partial charge in [-0.3, -0.25) is 4.79 Å². The van der Waals surface area contributed by atoms with Gasteiger partial charge in [0.2, 0.25) is 0 Å². The van der Waals surface area contributed by atoms with E-state index in [0.29, 0.717) is 0 Å². The SMILES string of the molecule is NCC(=O)O.O=[N+]([O-])[O-].O=[N+]([O-])[O-].[NH4+].[Ni]. The number of nitrogens with two attached hydrogens (primary N) is 1. The van der Waals surface area contributed by atoms with Crippen molar-refractivity contribution in [3.63, 3.8) is 0 Å². The second-order valence-corrected chi connectivity index (χ2v) is 1.05. The fourth-order valence-corrected chi connectivity index (χ4v) is 0. The van der Waals surface area contributed by atoms with Gasteiger partial charge in [0, 0.05) is 16.5 Å². The Kier molecular flexibility index (Phi) is 44.4. The van der Waals surface area contributed by atoms with Crippen LogP contribution in [0.4, 0.5) is 0 Å². The Hall–Kier alpha value is -1.72. The van der Waals surface area contributed by atoms with E-state index in [9.17, 15) is 4.79 Å². The third kappa shape index (κ3) is 16200. The standard InChI is InChI=1S/C2H5NO2.2NO3.H3N.Ni/c3-1-2(4)5;2*2-1(3)4;;/h1,3H2,(H,4,5);;;1H3;/q;2*-1;;/p+1. The molecule has 0 saturated carbocycles. The van der Waals surface area contributed by atoms with Crippen molar-refractivity contribution in [3.8, 4) is 0 Å². The van der Waals surface area contributed by atoms with Crippen molar-refractivity contribution in [1.29, 1.82) is 0 Å². The van der Waals surface area contributed by atoms with Gasteiger partial charge in [-0.25, -0.2) is 0 Å². The molecule has 0 radical (unpaired) electrons. The number of nitrogens with zero attached hydrogens (tertiary/aromatic N) is 2. The number of carboxylic acid groups (broad SMARTS) is 1. The average molecular weight is 276 g/mol. The van der Waals surface area contributed by atoms with Gasteiger partial charge in [0.15, 0.2) is 0 Å². The first-order valence-electron chi connectivity index (χ1n) is 2.28. The minimum atomic E-state index is -1.75.